The summed E-state index contributed by atoms with van der Waals surface area (Å²) >= 11 is 0. The molecule has 0 saturated carbocycles. The number of amides is 1. The molecular formula is C12H15N5O2. The highest BCUT2D eigenvalue weighted by Crippen LogP contribution is 2.06. The minimum Gasteiger partial charge on any atom is -0.348 e. The molecule has 3 N–H and O–H groups in total. The van der Waals surface area contributed by atoms with Gasteiger partial charge in [0, 0.05) is 17.8 Å². The molecule has 0 fully saturated rings. The van der Waals surface area contributed by atoms with Crippen molar-refractivity contribution in [3.05, 3.63) is 44.6 Å². The summed E-state index contributed by atoms with van der Waals surface area (Å²) in [7, 11) is 0. The summed E-state index contributed by atoms with van der Waals surface area (Å²) in [6, 6.07) is 0. The number of rotatable bonds is 3. The van der Waals surface area contributed by atoms with Crippen molar-refractivity contribution in [2.24, 2.45) is 0 Å². The van der Waals surface area contributed by atoms with Gasteiger partial charge in [0.25, 0.3) is 11.5 Å². The highest BCUT2D eigenvalue weighted by Gasteiger charge is 2.16. The molecule has 0 aliphatic rings. The lowest BCUT2D eigenvalue weighted by molar-refractivity contribution is 0.0948. The molecule has 0 aliphatic carbocycles. The maximum Gasteiger partial charge on any atom is 0.277 e. The fraction of sp³-hybridized carbons (Fsp3) is 0.333. The zero-order valence-corrected chi connectivity index (χ0v) is 11.0. The first-order valence-electron chi connectivity index (χ1n) is 5.83. The van der Waals surface area contributed by atoms with E-state index < -0.39 is 11.5 Å². The number of aromatic nitrogens is 4. The summed E-state index contributed by atoms with van der Waals surface area (Å²) in [5.74, 6) is -0.412. The molecule has 0 bridgehead atoms. The third kappa shape index (κ3) is 2.54. The number of nitrogens with zero attached hydrogens (tertiary/aromatic N) is 2. The van der Waals surface area contributed by atoms with Crippen LogP contribution in [0.15, 0.2) is 11.0 Å². The van der Waals surface area contributed by atoms with Crippen molar-refractivity contribution in [2.75, 3.05) is 0 Å². The first-order valence-corrected chi connectivity index (χ1v) is 5.83. The van der Waals surface area contributed by atoms with Gasteiger partial charge < -0.3 is 5.32 Å². The van der Waals surface area contributed by atoms with Gasteiger partial charge in [0.15, 0.2) is 0 Å². The molecule has 2 aromatic rings. The van der Waals surface area contributed by atoms with Crippen LogP contribution in [-0.4, -0.2) is 26.3 Å². The second-order valence-corrected chi connectivity index (χ2v) is 4.34. The Balaban J connectivity index is 2.20. The van der Waals surface area contributed by atoms with Crippen LogP contribution in [0.5, 0.6) is 0 Å². The van der Waals surface area contributed by atoms with Gasteiger partial charge in [-0.1, -0.05) is 0 Å². The normalized spacial score (nSPS) is 10.5. The molecule has 7 heteroatoms. The Hall–Kier alpha value is -2.44. The Bertz CT molecular complexity index is 671. The van der Waals surface area contributed by atoms with Gasteiger partial charge in [0.1, 0.15) is 5.56 Å². The predicted octanol–water partition coefficient (Wildman–Crippen LogP) is 0.348. The molecule has 2 rings (SSSR count). The number of nitrogens with one attached hydrogen (secondary N) is 3. The Labute approximate surface area is 109 Å². The van der Waals surface area contributed by atoms with Crippen LogP contribution in [0.2, 0.25) is 0 Å². The largest absolute Gasteiger partial charge is 0.348 e. The van der Waals surface area contributed by atoms with Crippen molar-refractivity contribution in [1.29, 1.82) is 0 Å². The highest BCUT2D eigenvalue weighted by molar-refractivity contribution is 5.95. The number of H-pyrrole nitrogens is 2. The SMILES string of the molecule is Cc1n[nH]c(=O)c(C(=O)NCc2cn[nH]c2C)c1C. The first kappa shape index (κ1) is 13.0. The monoisotopic (exact) mass is 261 g/mol. The fourth-order valence-electron chi connectivity index (χ4n) is 1.72. The lowest BCUT2D eigenvalue weighted by Gasteiger charge is -2.07. The van der Waals surface area contributed by atoms with Gasteiger partial charge in [-0.15, -0.1) is 0 Å². The summed E-state index contributed by atoms with van der Waals surface area (Å²) in [6.07, 6.45) is 1.64. The zero-order valence-electron chi connectivity index (χ0n) is 11.0. The van der Waals surface area contributed by atoms with Crippen LogP contribution in [0, 0.1) is 20.8 Å². The van der Waals surface area contributed by atoms with Crippen molar-refractivity contribution in [3.63, 3.8) is 0 Å². The van der Waals surface area contributed by atoms with Crippen molar-refractivity contribution in [1.82, 2.24) is 25.7 Å². The smallest absolute Gasteiger partial charge is 0.277 e. The van der Waals surface area contributed by atoms with Crippen LogP contribution in [0.25, 0.3) is 0 Å². The molecule has 0 aliphatic heterocycles. The molecule has 0 unspecified atom stereocenters. The minimum absolute atomic E-state index is 0.105. The summed E-state index contributed by atoms with van der Waals surface area (Å²) in [5, 5.41) is 15.5. The van der Waals surface area contributed by atoms with Crippen molar-refractivity contribution in [2.45, 2.75) is 27.3 Å². The highest BCUT2D eigenvalue weighted by atomic mass is 16.2. The molecule has 2 heterocycles. The average Bonchev–Trinajstić information content (AvgIpc) is 2.77. The molecule has 0 atom stereocenters. The Morgan fingerprint density at radius 3 is 2.68 bits per heavy atom. The number of carbonyl (C=O) groups is 1. The number of carbonyl (C=O) groups excluding carboxylic acids is 1. The quantitative estimate of drug-likeness (QED) is 0.741. The molecule has 0 radical (unpaired) electrons. The lowest BCUT2D eigenvalue weighted by atomic mass is 10.1. The third-order valence-corrected chi connectivity index (χ3v) is 3.07. The first-order chi connectivity index (χ1) is 9.00. The topological polar surface area (TPSA) is 104 Å². The van der Waals surface area contributed by atoms with Crippen molar-refractivity contribution in [3.8, 4) is 0 Å². The summed E-state index contributed by atoms with van der Waals surface area (Å²) in [4.78, 5) is 23.7. The Kier molecular flexibility index (Phi) is 3.46. The van der Waals surface area contributed by atoms with Gasteiger partial charge in [-0.2, -0.15) is 10.2 Å². The van der Waals surface area contributed by atoms with Crippen LogP contribution in [0.4, 0.5) is 0 Å². The molecule has 0 spiro atoms. The maximum atomic E-state index is 12.1. The van der Waals surface area contributed by atoms with E-state index in [1.165, 1.54) is 0 Å². The van der Waals surface area contributed by atoms with Crippen LogP contribution in [0.3, 0.4) is 0 Å². The summed E-state index contributed by atoms with van der Waals surface area (Å²) < 4.78 is 0. The van der Waals surface area contributed by atoms with E-state index in [0.29, 0.717) is 17.8 Å². The molecule has 19 heavy (non-hydrogen) atoms. The number of aromatic amines is 2. The Morgan fingerprint density at radius 2 is 2.05 bits per heavy atom. The Morgan fingerprint density at radius 1 is 1.32 bits per heavy atom. The van der Waals surface area contributed by atoms with E-state index in [9.17, 15) is 9.59 Å². The van der Waals surface area contributed by atoms with Gasteiger partial charge in [0.05, 0.1) is 11.9 Å². The van der Waals surface area contributed by atoms with Crippen LogP contribution < -0.4 is 10.9 Å². The number of hydrogen-bond donors (Lipinski definition) is 3. The molecule has 7 nitrogen and oxygen atoms in total. The molecular weight excluding hydrogens is 246 g/mol. The van der Waals surface area contributed by atoms with E-state index in [4.69, 9.17) is 0 Å². The number of aryl methyl sites for hydroxylation is 2. The molecule has 1 amide bonds. The fourth-order valence-corrected chi connectivity index (χ4v) is 1.72. The van der Waals surface area contributed by atoms with Gasteiger partial charge in [-0.05, 0) is 26.3 Å². The van der Waals surface area contributed by atoms with Crippen molar-refractivity contribution < 1.29 is 4.79 Å². The second kappa shape index (κ2) is 5.05. The molecule has 2 aromatic heterocycles. The third-order valence-electron chi connectivity index (χ3n) is 3.07. The van der Waals surface area contributed by atoms with Crippen LogP contribution >= 0.6 is 0 Å². The summed E-state index contributed by atoms with van der Waals surface area (Å²) in [5.41, 5.74) is 2.61. The van der Waals surface area contributed by atoms with Gasteiger partial charge in [-0.25, -0.2) is 5.10 Å². The molecule has 0 saturated heterocycles. The standard InChI is InChI=1S/C12H15N5O2/c1-6-7(2)16-17-12(19)10(6)11(18)13-4-9-5-14-15-8(9)3/h5H,4H2,1-3H3,(H,13,18)(H,14,15)(H,17,19). The van der Waals surface area contributed by atoms with E-state index in [-0.39, 0.29) is 5.56 Å². The number of hydrogen-bond acceptors (Lipinski definition) is 4. The molecule has 100 valence electrons. The average molecular weight is 261 g/mol. The van der Waals surface area contributed by atoms with Crippen molar-refractivity contribution >= 4 is 5.91 Å². The van der Waals surface area contributed by atoms with Crippen LogP contribution in [-0.2, 0) is 6.54 Å². The van der Waals surface area contributed by atoms with Gasteiger partial charge in [-0.3, -0.25) is 14.7 Å². The van der Waals surface area contributed by atoms with Gasteiger partial charge in [0.2, 0.25) is 0 Å². The lowest BCUT2D eigenvalue weighted by Crippen LogP contribution is -2.31. The van der Waals surface area contributed by atoms with E-state index >= 15 is 0 Å². The predicted molar refractivity (Wildman–Crippen MR) is 68.8 cm³/mol. The van der Waals surface area contributed by atoms with E-state index in [0.717, 1.165) is 11.3 Å². The maximum absolute atomic E-state index is 12.1. The summed E-state index contributed by atoms with van der Waals surface area (Å²) in [6.45, 7) is 5.63. The van der Waals surface area contributed by atoms with E-state index in [1.807, 2.05) is 6.92 Å². The van der Waals surface area contributed by atoms with Crippen LogP contribution in [0.1, 0.15) is 32.9 Å². The second-order valence-electron chi connectivity index (χ2n) is 4.34. The van der Waals surface area contributed by atoms with E-state index in [1.54, 1.807) is 20.0 Å². The minimum atomic E-state index is -0.482. The van der Waals surface area contributed by atoms with Gasteiger partial charge >= 0.3 is 0 Å². The molecule has 0 aromatic carbocycles. The zero-order chi connectivity index (χ0) is 14.0. The van der Waals surface area contributed by atoms with E-state index in [2.05, 4.69) is 25.7 Å².